The van der Waals surface area contributed by atoms with Gasteiger partial charge in [-0.1, -0.05) is 5.16 Å². The zero-order valence-electron chi connectivity index (χ0n) is 9.32. The molecule has 1 aromatic rings. The van der Waals surface area contributed by atoms with E-state index >= 15 is 0 Å². The van der Waals surface area contributed by atoms with Gasteiger partial charge in [0.05, 0.1) is 11.0 Å². The molecular formula is C9H12N4O4. The fourth-order valence-electron chi connectivity index (χ4n) is 1.08. The summed E-state index contributed by atoms with van der Waals surface area (Å²) in [4.78, 5) is 13.9. The van der Waals surface area contributed by atoms with Crippen molar-refractivity contribution in [2.24, 2.45) is 10.9 Å². The van der Waals surface area contributed by atoms with Crippen molar-refractivity contribution < 1.29 is 14.9 Å². The average molecular weight is 240 g/mol. The van der Waals surface area contributed by atoms with E-state index in [9.17, 15) is 10.1 Å². The number of hydrogen-bond donors (Lipinski definition) is 2. The lowest BCUT2D eigenvalue weighted by Crippen LogP contribution is -2.15. The van der Waals surface area contributed by atoms with Crippen molar-refractivity contribution >= 4 is 11.5 Å². The van der Waals surface area contributed by atoms with E-state index in [1.165, 1.54) is 6.20 Å². The lowest BCUT2D eigenvalue weighted by molar-refractivity contribution is -0.386. The number of aromatic nitrogens is 1. The maximum atomic E-state index is 10.8. The second kappa shape index (κ2) is 5.10. The third-order valence-corrected chi connectivity index (χ3v) is 1.78. The first-order chi connectivity index (χ1) is 7.95. The van der Waals surface area contributed by atoms with E-state index in [4.69, 9.17) is 15.7 Å². The minimum Gasteiger partial charge on any atom is -0.470 e. The summed E-state index contributed by atoms with van der Waals surface area (Å²) in [6, 6.07) is 1.14. The van der Waals surface area contributed by atoms with Crippen LogP contribution in [0.25, 0.3) is 0 Å². The third-order valence-electron chi connectivity index (χ3n) is 1.78. The molecule has 0 saturated carbocycles. The predicted octanol–water partition coefficient (Wildman–Crippen LogP) is 0.871. The number of pyridine rings is 1. The topological polar surface area (TPSA) is 124 Å². The molecule has 0 radical (unpaired) electrons. The molecule has 0 unspecified atom stereocenters. The lowest BCUT2D eigenvalue weighted by Gasteiger charge is -2.09. The summed E-state index contributed by atoms with van der Waals surface area (Å²) in [5, 5.41) is 22.0. The summed E-state index contributed by atoms with van der Waals surface area (Å²) in [6.45, 7) is 3.45. The minimum atomic E-state index is -0.640. The molecule has 0 atom stereocenters. The van der Waals surface area contributed by atoms with Crippen molar-refractivity contribution in [2.75, 3.05) is 0 Å². The van der Waals surface area contributed by atoms with Gasteiger partial charge < -0.3 is 15.7 Å². The van der Waals surface area contributed by atoms with E-state index < -0.39 is 4.92 Å². The quantitative estimate of drug-likeness (QED) is 0.264. The molecule has 0 aliphatic heterocycles. The van der Waals surface area contributed by atoms with Crippen LogP contribution in [0.15, 0.2) is 17.4 Å². The molecular weight excluding hydrogens is 228 g/mol. The van der Waals surface area contributed by atoms with E-state index in [2.05, 4.69) is 10.1 Å². The smallest absolute Gasteiger partial charge is 0.331 e. The third kappa shape index (κ3) is 3.03. The van der Waals surface area contributed by atoms with Gasteiger partial charge in [0.15, 0.2) is 5.84 Å². The average Bonchev–Trinajstić information content (AvgIpc) is 2.27. The van der Waals surface area contributed by atoms with Crippen LogP contribution >= 0.6 is 0 Å². The molecule has 0 amide bonds. The van der Waals surface area contributed by atoms with Crippen molar-refractivity contribution in [3.05, 3.63) is 27.9 Å². The molecule has 0 aliphatic carbocycles. The Labute approximate surface area is 96.9 Å². The molecule has 0 saturated heterocycles. The number of ether oxygens (including phenoxy) is 1. The highest BCUT2D eigenvalue weighted by Crippen LogP contribution is 2.25. The molecule has 0 bridgehead atoms. The van der Waals surface area contributed by atoms with Crippen LogP contribution in [0.2, 0.25) is 0 Å². The number of oxime groups is 1. The summed E-state index contributed by atoms with van der Waals surface area (Å²) in [5.74, 6) is -0.351. The van der Waals surface area contributed by atoms with Gasteiger partial charge in [0.25, 0.3) is 5.88 Å². The van der Waals surface area contributed by atoms with Crippen molar-refractivity contribution in [3.8, 4) is 5.88 Å². The monoisotopic (exact) mass is 240 g/mol. The highest BCUT2D eigenvalue weighted by molar-refractivity contribution is 5.97. The Morgan fingerprint density at radius 3 is 2.82 bits per heavy atom. The summed E-state index contributed by atoms with van der Waals surface area (Å²) in [7, 11) is 0. The lowest BCUT2D eigenvalue weighted by atomic mass is 10.2. The molecule has 1 aromatic heterocycles. The highest BCUT2D eigenvalue weighted by atomic mass is 16.6. The Hall–Kier alpha value is -2.38. The zero-order chi connectivity index (χ0) is 13.0. The van der Waals surface area contributed by atoms with Crippen molar-refractivity contribution in [2.45, 2.75) is 20.0 Å². The molecule has 3 N–H and O–H groups in total. The van der Waals surface area contributed by atoms with Crippen LogP contribution in [0.1, 0.15) is 19.4 Å². The second-order valence-electron chi connectivity index (χ2n) is 3.46. The summed E-state index contributed by atoms with van der Waals surface area (Å²) >= 11 is 0. The van der Waals surface area contributed by atoms with Crippen molar-refractivity contribution in [1.82, 2.24) is 4.98 Å². The van der Waals surface area contributed by atoms with E-state index in [1.54, 1.807) is 13.8 Å². The fourth-order valence-corrected chi connectivity index (χ4v) is 1.08. The first kappa shape index (κ1) is 12.7. The fraction of sp³-hybridized carbons (Fsp3) is 0.333. The summed E-state index contributed by atoms with van der Waals surface area (Å²) < 4.78 is 5.18. The van der Waals surface area contributed by atoms with Crippen molar-refractivity contribution in [1.29, 1.82) is 0 Å². The van der Waals surface area contributed by atoms with Gasteiger partial charge in [-0.3, -0.25) is 10.1 Å². The van der Waals surface area contributed by atoms with Gasteiger partial charge >= 0.3 is 5.69 Å². The molecule has 8 nitrogen and oxygen atoms in total. The van der Waals surface area contributed by atoms with Crippen LogP contribution in [0.3, 0.4) is 0 Å². The van der Waals surface area contributed by atoms with Crippen LogP contribution in [0, 0.1) is 10.1 Å². The number of nitro groups is 1. The summed E-state index contributed by atoms with van der Waals surface area (Å²) in [6.07, 6.45) is 0.996. The van der Waals surface area contributed by atoms with Crippen LogP contribution in [-0.2, 0) is 0 Å². The summed E-state index contributed by atoms with van der Waals surface area (Å²) in [5.41, 5.74) is 5.13. The SMILES string of the molecule is CC(C)Oc1ncc(C(N)=NO)cc1[N+](=O)[O-]. The van der Waals surface area contributed by atoms with E-state index in [-0.39, 0.29) is 29.1 Å². The first-order valence-corrected chi connectivity index (χ1v) is 4.74. The highest BCUT2D eigenvalue weighted by Gasteiger charge is 2.20. The van der Waals surface area contributed by atoms with Gasteiger partial charge in [0.2, 0.25) is 0 Å². The first-order valence-electron chi connectivity index (χ1n) is 4.74. The maximum absolute atomic E-state index is 10.8. The van der Waals surface area contributed by atoms with E-state index in [1.807, 2.05) is 0 Å². The molecule has 0 aromatic carbocycles. The molecule has 1 rings (SSSR count). The normalized spacial score (nSPS) is 11.6. The number of nitrogens with zero attached hydrogens (tertiary/aromatic N) is 3. The molecule has 92 valence electrons. The number of amidine groups is 1. The largest absolute Gasteiger partial charge is 0.470 e. The van der Waals surface area contributed by atoms with E-state index in [0.29, 0.717) is 0 Å². The Morgan fingerprint density at radius 1 is 1.71 bits per heavy atom. The zero-order valence-corrected chi connectivity index (χ0v) is 9.32. The molecule has 8 heteroatoms. The van der Waals surface area contributed by atoms with Gasteiger partial charge in [-0.25, -0.2) is 4.98 Å². The van der Waals surface area contributed by atoms with Crippen LogP contribution in [0.5, 0.6) is 5.88 Å². The standard InChI is InChI=1S/C9H12N4O4/c1-5(2)17-9-7(13(15)16)3-6(4-11-9)8(10)12-14/h3-5,14H,1-2H3,(H2,10,12). The van der Waals surface area contributed by atoms with Gasteiger partial charge in [-0.15, -0.1) is 0 Å². The van der Waals surface area contributed by atoms with Crippen LogP contribution < -0.4 is 10.5 Å². The Balaban J connectivity index is 3.22. The van der Waals surface area contributed by atoms with Crippen molar-refractivity contribution in [3.63, 3.8) is 0 Å². The van der Waals surface area contributed by atoms with E-state index in [0.717, 1.165) is 6.07 Å². The second-order valence-corrected chi connectivity index (χ2v) is 3.46. The minimum absolute atomic E-state index is 0.0977. The number of nitrogens with two attached hydrogens (primary N) is 1. The van der Waals surface area contributed by atoms with Gasteiger partial charge in [0.1, 0.15) is 0 Å². The van der Waals surface area contributed by atoms with Crippen LogP contribution in [0.4, 0.5) is 5.69 Å². The van der Waals surface area contributed by atoms with Gasteiger partial charge in [0, 0.05) is 17.8 Å². The molecule has 0 aliphatic rings. The molecule has 0 spiro atoms. The predicted molar refractivity (Wildman–Crippen MR) is 59.2 cm³/mol. The van der Waals surface area contributed by atoms with Crippen LogP contribution in [-0.4, -0.2) is 27.1 Å². The Bertz CT molecular complexity index is 458. The maximum Gasteiger partial charge on any atom is 0.331 e. The molecule has 0 fully saturated rings. The molecule has 17 heavy (non-hydrogen) atoms. The van der Waals surface area contributed by atoms with Gasteiger partial charge in [-0.2, -0.15) is 0 Å². The Morgan fingerprint density at radius 2 is 2.35 bits per heavy atom. The van der Waals surface area contributed by atoms with Gasteiger partial charge in [-0.05, 0) is 13.8 Å². The number of rotatable bonds is 4. The number of hydrogen-bond acceptors (Lipinski definition) is 6. The Kier molecular flexibility index (Phi) is 3.81. The molecule has 1 heterocycles.